The Kier molecular flexibility index (Phi) is 6.22. The van der Waals surface area contributed by atoms with Gasteiger partial charge in [0.05, 0.1) is 23.1 Å². The van der Waals surface area contributed by atoms with Gasteiger partial charge in [-0.25, -0.2) is 9.97 Å². The summed E-state index contributed by atoms with van der Waals surface area (Å²) in [5, 5.41) is 6.64. The van der Waals surface area contributed by atoms with Crippen molar-refractivity contribution in [1.29, 1.82) is 0 Å². The average Bonchev–Trinajstić information content (AvgIpc) is 2.88. The lowest BCUT2D eigenvalue weighted by Gasteiger charge is -2.34. The number of piperazine rings is 1. The molecule has 9 nitrogen and oxygen atoms in total. The monoisotopic (exact) mass is 486 g/mol. The van der Waals surface area contributed by atoms with Gasteiger partial charge >= 0.3 is 6.18 Å². The molecule has 0 radical (unpaired) electrons. The number of alkyl halides is 3. The Morgan fingerprint density at radius 2 is 1.71 bits per heavy atom. The maximum Gasteiger partial charge on any atom is 0.435 e. The summed E-state index contributed by atoms with van der Waals surface area (Å²) in [4.78, 5) is 32.6. The van der Waals surface area contributed by atoms with Crippen LogP contribution in [0.1, 0.15) is 40.6 Å². The van der Waals surface area contributed by atoms with Crippen LogP contribution in [0.4, 0.5) is 18.9 Å². The van der Waals surface area contributed by atoms with Gasteiger partial charge in [0.2, 0.25) is 0 Å². The van der Waals surface area contributed by atoms with E-state index in [-0.39, 0.29) is 11.6 Å². The van der Waals surface area contributed by atoms with Gasteiger partial charge in [0, 0.05) is 45.2 Å². The van der Waals surface area contributed by atoms with Crippen molar-refractivity contribution in [3.63, 3.8) is 0 Å². The zero-order chi connectivity index (χ0) is 24.6. The zero-order valence-corrected chi connectivity index (χ0v) is 19.2. The molecule has 0 aliphatic carbocycles. The Bertz CT molecular complexity index is 1200. The number of hydrogen-bond donors (Lipinski definition) is 0. The molecule has 0 atom stereocenters. The van der Waals surface area contributed by atoms with E-state index in [0.717, 1.165) is 60.7 Å². The third kappa shape index (κ3) is 4.88. The van der Waals surface area contributed by atoms with E-state index in [1.165, 1.54) is 0 Å². The number of carbonyl (C=O) groups excluding carboxylic acids is 1. The van der Waals surface area contributed by atoms with E-state index >= 15 is 0 Å². The van der Waals surface area contributed by atoms with Crippen LogP contribution >= 0.6 is 0 Å². The number of hydrogen-bond acceptors (Lipinski definition) is 8. The smallest absolute Gasteiger partial charge is 0.368 e. The minimum absolute atomic E-state index is 0.0953. The molecule has 184 valence electrons. The standard InChI is InChI=1S/C23H25F3N8O/c1-32-8-10-33(11-9-32)16-12-18-21(27-13-16)20(29-14-28-18)15-4-6-34(7-5-15)22(35)17-2-3-19(31-30-17)23(24,25)26/h2-3,12-15H,4-11H2,1H3. The highest BCUT2D eigenvalue weighted by Gasteiger charge is 2.34. The molecule has 0 saturated carbocycles. The number of likely N-dealkylation sites (tertiary alicyclic amines) is 1. The number of carbonyl (C=O) groups is 1. The molecule has 2 aliphatic heterocycles. The molecule has 3 aromatic heterocycles. The summed E-state index contributed by atoms with van der Waals surface area (Å²) in [7, 11) is 2.12. The molecule has 35 heavy (non-hydrogen) atoms. The van der Waals surface area contributed by atoms with Gasteiger partial charge in [-0.3, -0.25) is 9.78 Å². The molecular formula is C23H25F3N8O. The van der Waals surface area contributed by atoms with Gasteiger partial charge < -0.3 is 14.7 Å². The molecule has 0 aromatic carbocycles. The molecule has 5 heterocycles. The Morgan fingerprint density at radius 1 is 0.971 bits per heavy atom. The summed E-state index contributed by atoms with van der Waals surface area (Å²) in [6.07, 6.45) is 0.166. The molecule has 0 N–H and O–H groups in total. The fourth-order valence-electron chi connectivity index (χ4n) is 4.60. The van der Waals surface area contributed by atoms with Crippen LogP contribution in [0, 0.1) is 0 Å². The number of likely N-dealkylation sites (N-methyl/N-ethyl adjacent to an activating group) is 1. The van der Waals surface area contributed by atoms with Crippen molar-refractivity contribution in [2.24, 2.45) is 0 Å². The predicted octanol–water partition coefficient (Wildman–Crippen LogP) is 2.61. The second kappa shape index (κ2) is 9.33. The summed E-state index contributed by atoms with van der Waals surface area (Å²) in [5.74, 6) is -0.322. The molecule has 3 aromatic rings. The molecule has 5 rings (SSSR count). The zero-order valence-electron chi connectivity index (χ0n) is 19.2. The quantitative estimate of drug-likeness (QED) is 0.558. The Balaban J connectivity index is 1.27. The molecule has 0 bridgehead atoms. The number of rotatable bonds is 3. The van der Waals surface area contributed by atoms with Crippen LogP contribution in [-0.2, 0) is 6.18 Å². The summed E-state index contributed by atoms with van der Waals surface area (Å²) in [6.45, 7) is 4.77. The number of piperidine rings is 1. The number of nitrogens with zero attached hydrogens (tertiary/aromatic N) is 8. The number of amides is 1. The third-order valence-corrected chi connectivity index (χ3v) is 6.70. The van der Waals surface area contributed by atoms with E-state index < -0.39 is 17.8 Å². The van der Waals surface area contributed by atoms with Gasteiger partial charge in [-0.15, -0.1) is 10.2 Å². The lowest BCUT2D eigenvalue weighted by molar-refractivity contribution is -0.141. The van der Waals surface area contributed by atoms with Crippen molar-refractivity contribution in [2.75, 3.05) is 51.2 Å². The van der Waals surface area contributed by atoms with Crippen LogP contribution in [0.3, 0.4) is 0 Å². The van der Waals surface area contributed by atoms with Crippen LogP contribution in [0.2, 0.25) is 0 Å². The molecule has 2 fully saturated rings. The largest absolute Gasteiger partial charge is 0.435 e. The molecule has 2 aliphatic rings. The highest BCUT2D eigenvalue weighted by molar-refractivity contribution is 5.92. The van der Waals surface area contributed by atoms with E-state index in [1.807, 2.05) is 6.20 Å². The number of anilines is 1. The lowest BCUT2D eigenvalue weighted by Crippen LogP contribution is -2.44. The van der Waals surface area contributed by atoms with Crippen molar-refractivity contribution in [1.82, 2.24) is 34.9 Å². The SMILES string of the molecule is CN1CCN(c2cnc3c(C4CCN(C(=O)c5ccc(C(F)(F)F)nn5)CC4)ncnc3c2)CC1. The predicted molar refractivity (Wildman–Crippen MR) is 122 cm³/mol. The fourth-order valence-corrected chi connectivity index (χ4v) is 4.60. The van der Waals surface area contributed by atoms with Crippen molar-refractivity contribution in [3.8, 4) is 0 Å². The summed E-state index contributed by atoms with van der Waals surface area (Å²) in [5.41, 5.74) is 2.26. The molecule has 1 amide bonds. The highest BCUT2D eigenvalue weighted by Crippen LogP contribution is 2.32. The van der Waals surface area contributed by atoms with E-state index in [0.29, 0.717) is 25.9 Å². The minimum Gasteiger partial charge on any atom is -0.368 e. The molecule has 12 heteroatoms. The van der Waals surface area contributed by atoms with Gasteiger partial charge in [0.15, 0.2) is 11.4 Å². The van der Waals surface area contributed by atoms with Crippen molar-refractivity contribution in [3.05, 3.63) is 47.8 Å². The maximum absolute atomic E-state index is 12.7. The van der Waals surface area contributed by atoms with Gasteiger partial charge in [0.25, 0.3) is 5.91 Å². The first-order valence-electron chi connectivity index (χ1n) is 11.5. The molecule has 0 unspecified atom stereocenters. The number of aromatic nitrogens is 5. The summed E-state index contributed by atoms with van der Waals surface area (Å²) in [6, 6.07) is 3.91. The first-order chi connectivity index (χ1) is 16.8. The molecule has 2 saturated heterocycles. The van der Waals surface area contributed by atoms with Gasteiger partial charge in [-0.2, -0.15) is 13.2 Å². The Morgan fingerprint density at radius 3 is 2.37 bits per heavy atom. The summed E-state index contributed by atoms with van der Waals surface area (Å²) >= 11 is 0. The summed E-state index contributed by atoms with van der Waals surface area (Å²) < 4.78 is 38.1. The fraction of sp³-hybridized carbons (Fsp3) is 0.478. The first-order valence-corrected chi connectivity index (χ1v) is 11.5. The van der Waals surface area contributed by atoms with Gasteiger partial charge in [-0.05, 0) is 38.1 Å². The molecular weight excluding hydrogens is 461 g/mol. The number of halogens is 3. The Hall–Kier alpha value is -3.41. The van der Waals surface area contributed by atoms with Crippen LogP contribution in [-0.4, -0.2) is 87.2 Å². The second-order valence-electron chi connectivity index (χ2n) is 8.98. The highest BCUT2D eigenvalue weighted by atomic mass is 19.4. The van der Waals surface area contributed by atoms with E-state index in [1.54, 1.807) is 11.2 Å². The average molecular weight is 487 g/mol. The topological polar surface area (TPSA) is 91.2 Å². The normalized spacial score (nSPS) is 18.3. The van der Waals surface area contributed by atoms with Crippen LogP contribution < -0.4 is 4.90 Å². The number of pyridine rings is 1. The van der Waals surface area contributed by atoms with Gasteiger partial charge in [-0.1, -0.05) is 0 Å². The van der Waals surface area contributed by atoms with E-state index in [4.69, 9.17) is 4.98 Å². The van der Waals surface area contributed by atoms with Crippen LogP contribution in [0.5, 0.6) is 0 Å². The van der Waals surface area contributed by atoms with Crippen molar-refractivity contribution >= 4 is 22.6 Å². The van der Waals surface area contributed by atoms with E-state index in [2.05, 4.69) is 43.1 Å². The first kappa shape index (κ1) is 23.3. The van der Waals surface area contributed by atoms with Crippen molar-refractivity contribution in [2.45, 2.75) is 24.9 Å². The molecule has 0 spiro atoms. The number of fused-ring (bicyclic) bond motifs is 1. The van der Waals surface area contributed by atoms with Crippen LogP contribution in [0.15, 0.2) is 30.7 Å². The lowest BCUT2D eigenvalue weighted by atomic mass is 9.92. The van der Waals surface area contributed by atoms with E-state index in [9.17, 15) is 18.0 Å². The second-order valence-corrected chi connectivity index (χ2v) is 8.98. The van der Waals surface area contributed by atoms with Crippen molar-refractivity contribution < 1.29 is 18.0 Å². The third-order valence-electron chi connectivity index (χ3n) is 6.70. The van der Waals surface area contributed by atoms with Gasteiger partial charge in [0.1, 0.15) is 11.8 Å². The van der Waals surface area contributed by atoms with Crippen LogP contribution in [0.25, 0.3) is 11.0 Å². The minimum atomic E-state index is -4.59. The maximum atomic E-state index is 12.7. The Labute approximate surface area is 200 Å².